The van der Waals surface area contributed by atoms with Gasteiger partial charge < -0.3 is 29.2 Å². The van der Waals surface area contributed by atoms with E-state index >= 15 is 0 Å². The standard InChI is InChI=1S/C17H36O6/c1-17(2,13-22-9-5-7-15(18)11-20-3)14-23-10-6-8-16(19)12-21-4/h15-16,18-19H,5-14H2,1-4H3. The molecule has 0 aliphatic rings. The molecule has 23 heavy (non-hydrogen) atoms. The Balaban J connectivity index is 3.54. The number of aliphatic hydroxyl groups is 2. The molecule has 0 spiro atoms. The number of methoxy groups -OCH3 is 2. The Hall–Kier alpha value is -0.240. The highest BCUT2D eigenvalue weighted by atomic mass is 16.5. The lowest BCUT2D eigenvalue weighted by atomic mass is 9.96. The first kappa shape index (κ1) is 22.8. The van der Waals surface area contributed by atoms with Gasteiger partial charge in [0.2, 0.25) is 0 Å². The van der Waals surface area contributed by atoms with Crippen molar-refractivity contribution in [1.82, 2.24) is 0 Å². The second kappa shape index (κ2) is 14.1. The molecule has 0 saturated carbocycles. The molecule has 2 unspecified atom stereocenters. The fraction of sp³-hybridized carbons (Fsp3) is 1.00. The van der Waals surface area contributed by atoms with E-state index in [0.717, 1.165) is 12.8 Å². The summed E-state index contributed by atoms with van der Waals surface area (Å²) in [4.78, 5) is 0. The maximum absolute atomic E-state index is 9.52. The van der Waals surface area contributed by atoms with Gasteiger partial charge in [0.1, 0.15) is 0 Å². The summed E-state index contributed by atoms with van der Waals surface area (Å²) in [5.74, 6) is 0. The van der Waals surface area contributed by atoms with E-state index in [4.69, 9.17) is 18.9 Å². The van der Waals surface area contributed by atoms with Gasteiger partial charge in [0.25, 0.3) is 0 Å². The molecule has 0 aliphatic carbocycles. The molecule has 2 atom stereocenters. The molecule has 0 fully saturated rings. The van der Waals surface area contributed by atoms with Crippen LogP contribution in [0, 0.1) is 5.41 Å². The molecule has 6 heteroatoms. The van der Waals surface area contributed by atoms with E-state index in [1.165, 1.54) is 0 Å². The quantitative estimate of drug-likeness (QED) is 0.417. The van der Waals surface area contributed by atoms with E-state index in [1.54, 1.807) is 14.2 Å². The average molecular weight is 336 g/mol. The average Bonchev–Trinajstić information content (AvgIpc) is 2.47. The van der Waals surface area contributed by atoms with Crippen molar-refractivity contribution in [1.29, 1.82) is 0 Å². The molecule has 0 rings (SSSR count). The number of hydrogen-bond donors (Lipinski definition) is 2. The minimum absolute atomic E-state index is 0.0453. The van der Waals surface area contributed by atoms with Gasteiger partial charge >= 0.3 is 0 Å². The van der Waals surface area contributed by atoms with Gasteiger partial charge in [-0.25, -0.2) is 0 Å². The molecule has 0 heterocycles. The monoisotopic (exact) mass is 336 g/mol. The third-order valence-electron chi connectivity index (χ3n) is 3.36. The minimum atomic E-state index is -0.409. The van der Waals surface area contributed by atoms with Gasteiger partial charge in [-0.2, -0.15) is 0 Å². The van der Waals surface area contributed by atoms with Crippen molar-refractivity contribution in [2.45, 2.75) is 51.7 Å². The molecular formula is C17H36O6. The van der Waals surface area contributed by atoms with Gasteiger partial charge in [0.15, 0.2) is 0 Å². The zero-order chi connectivity index (χ0) is 17.6. The first-order valence-electron chi connectivity index (χ1n) is 8.41. The van der Waals surface area contributed by atoms with Crippen LogP contribution in [0.2, 0.25) is 0 Å². The summed E-state index contributed by atoms with van der Waals surface area (Å²) in [7, 11) is 3.17. The zero-order valence-electron chi connectivity index (χ0n) is 15.3. The third-order valence-corrected chi connectivity index (χ3v) is 3.36. The lowest BCUT2D eigenvalue weighted by Gasteiger charge is -2.24. The van der Waals surface area contributed by atoms with Crippen LogP contribution in [-0.4, -0.2) is 76.3 Å². The molecule has 0 amide bonds. The van der Waals surface area contributed by atoms with E-state index in [1.807, 2.05) is 0 Å². The van der Waals surface area contributed by atoms with Crippen LogP contribution < -0.4 is 0 Å². The van der Waals surface area contributed by atoms with E-state index in [2.05, 4.69) is 13.8 Å². The van der Waals surface area contributed by atoms with Crippen LogP contribution >= 0.6 is 0 Å². The lowest BCUT2D eigenvalue weighted by Crippen LogP contribution is -2.26. The van der Waals surface area contributed by atoms with Gasteiger partial charge in [-0.05, 0) is 25.7 Å². The van der Waals surface area contributed by atoms with E-state index in [-0.39, 0.29) is 5.41 Å². The summed E-state index contributed by atoms with van der Waals surface area (Å²) in [6.45, 7) is 7.47. The topological polar surface area (TPSA) is 77.4 Å². The fourth-order valence-corrected chi connectivity index (χ4v) is 2.13. The van der Waals surface area contributed by atoms with Crippen LogP contribution in [0.25, 0.3) is 0 Å². The second-order valence-corrected chi connectivity index (χ2v) is 6.77. The van der Waals surface area contributed by atoms with Crippen LogP contribution in [0.15, 0.2) is 0 Å². The van der Waals surface area contributed by atoms with Crippen molar-refractivity contribution >= 4 is 0 Å². The molecule has 0 aromatic carbocycles. The first-order valence-corrected chi connectivity index (χ1v) is 8.41. The van der Waals surface area contributed by atoms with Crippen LogP contribution in [0.5, 0.6) is 0 Å². The van der Waals surface area contributed by atoms with Crippen LogP contribution in [0.3, 0.4) is 0 Å². The Bertz CT molecular complexity index is 235. The maximum atomic E-state index is 9.52. The Kier molecular flexibility index (Phi) is 14.0. The Labute approximate surface area is 141 Å². The summed E-state index contributed by atoms with van der Waals surface area (Å²) in [6.07, 6.45) is 2.20. The van der Waals surface area contributed by atoms with Crippen LogP contribution in [0.4, 0.5) is 0 Å². The molecule has 0 saturated heterocycles. The highest BCUT2D eigenvalue weighted by molar-refractivity contribution is 4.67. The second-order valence-electron chi connectivity index (χ2n) is 6.77. The van der Waals surface area contributed by atoms with Gasteiger partial charge in [0.05, 0.1) is 38.6 Å². The number of aliphatic hydroxyl groups excluding tert-OH is 2. The Morgan fingerprint density at radius 3 is 1.52 bits per heavy atom. The van der Waals surface area contributed by atoms with Crippen molar-refractivity contribution < 1.29 is 29.2 Å². The molecule has 140 valence electrons. The van der Waals surface area contributed by atoms with Crippen LogP contribution in [0.1, 0.15) is 39.5 Å². The smallest absolute Gasteiger partial charge is 0.0774 e. The number of rotatable bonds is 16. The minimum Gasteiger partial charge on any atom is -0.391 e. The molecule has 0 radical (unpaired) electrons. The summed E-state index contributed by atoms with van der Waals surface area (Å²) in [5, 5.41) is 19.0. The lowest BCUT2D eigenvalue weighted by molar-refractivity contribution is -0.0122. The Morgan fingerprint density at radius 1 is 0.783 bits per heavy atom. The van der Waals surface area contributed by atoms with E-state index < -0.39 is 12.2 Å². The highest BCUT2D eigenvalue weighted by Crippen LogP contribution is 2.16. The highest BCUT2D eigenvalue weighted by Gasteiger charge is 2.18. The number of ether oxygens (including phenoxy) is 4. The zero-order valence-corrected chi connectivity index (χ0v) is 15.3. The van der Waals surface area contributed by atoms with Crippen LogP contribution in [-0.2, 0) is 18.9 Å². The number of hydrogen-bond acceptors (Lipinski definition) is 6. The SMILES string of the molecule is COCC(O)CCCOCC(C)(C)COCCCC(O)COC. The fourth-order valence-electron chi connectivity index (χ4n) is 2.13. The van der Waals surface area contributed by atoms with Crippen molar-refractivity contribution in [2.24, 2.45) is 5.41 Å². The van der Waals surface area contributed by atoms with Crippen molar-refractivity contribution in [3.8, 4) is 0 Å². The van der Waals surface area contributed by atoms with Gasteiger partial charge in [-0.3, -0.25) is 0 Å². The van der Waals surface area contributed by atoms with Crippen molar-refractivity contribution in [3.63, 3.8) is 0 Å². The summed E-state index contributed by atoms with van der Waals surface area (Å²) < 4.78 is 21.1. The Morgan fingerprint density at radius 2 is 1.17 bits per heavy atom. The molecule has 0 aromatic heterocycles. The van der Waals surface area contributed by atoms with Crippen molar-refractivity contribution in [2.75, 3.05) is 53.9 Å². The molecule has 0 aliphatic heterocycles. The summed E-state index contributed by atoms with van der Waals surface area (Å²) in [6, 6.07) is 0. The van der Waals surface area contributed by atoms with Crippen molar-refractivity contribution in [3.05, 3.63) is 0 Å². The molecule has 0 bridgehead atoms. The largest absolute Gasteiger partial charge is 0.391 e. The third kappa shape index (κ3) is 15.1. The maximum Gasteiger partial charge on any atom is 0.0774 e. The van der Waals surface area contributed by atoms with Gasteiger partial charge in [0, 0.05) is 32.8 Å². The molecule has 0 aromatic rings. The predicted molar refractivity (Wildman–Crippen MR) is 89.7 cm³/mol. The summed E-state index contributed by atoms with van der Waals surface area (Å²) in [5.41, 5.74) is -0.0453. The van der Waals surface area contributed by atoms with E-state index in [0.29, 0.717) is 52.5 Å². The predicted octanol–water partition coefficient (Wildman–Crippen LogP) is 1.62. The normalized spacial score (nSPS) is 14.9. The first-order chi connectivity index (χ1) is 10.9. The molecular weight excluding hydrogens is 300 g/mol. The van der Waals surface area contributed by atoms with Gasteiger partial charge in [-0.1, -0.05) is 13.8 Å². The molecule has 6 nitrogen and oxygen atoms in total. The summed E-state index contributed by atoms with van der Waals surface area (Å²) >= 11 is 0. The molecule has 2 N–H and O–H groups in total. The van der Waals surface area contributed by atoms with E-state index in [9.17, 15) is 10.2 Å². The van der Waals surface area contributed by atoms with Gasteiger partial charge in [-0.15, -0.1) is 0 Å².